The van der Waals surface area contributed by atoms with Crippen molar-refractivity contribution < 1.29 is 83.1 Å². The van der Waals surface area contributed by atoms with E-state index in [-0.39, 0.29) is 31.1 Å². The number of thiol groups is 1. The molecule has 5 rings (SSSR count). The lowest BCUT2D eigenvalue weighted by atomic mass is 9.99. The van der Waals surface area contributed by atoms with Gasteiger partial charge in [0.05, 0.1) is 12.6 Å². The number of urea groups is 1. The zero-order valence-electron chi connectivity index (χ0n) is 32.2. The summed E-state index contributed by atoms with van der Waals surface area (Å²) in [5.74, 6) is 0.233. The molecule has 4 aliphatic rings. The number of hydrogen-bond acceptors (Lipinski definition) is 20. The molecule has 0 aromatic carbocycles. The number of phosphoric acid groups is 2. The number of carbonyl (C=O) groups is 3. The number of fused-ring (bicyclic) bond motifs is 1. The number of aromatic amines is 1. The maximum absolute atomic E-state index is 12.7. The topological polar surface area (TPSA) is 388 Å². The molecule has 348 valence electrons. The summed E-state index contributed by atoms with van der Waals surface area (Å²) < 4.78 is 50.0. The number of nitrogens with one attached hydrogen (secondary N) is 6. The van der Waals surface area contributed by atoms with Crippen LogP contribution in [-0.4, -0.2) is 153 Å². The Kier molecular flexibility index (Phi) is 17.4. The van der Waals surface area contributed by atoms with Crippen LogP contribution in [-0.2, 0) is 41.6 Å². The molecule has 13 N–H and O–H groups in total. The molecule has 5 heterocycles. The van der Waals surface area contributed by atoms with Crippen LogP contribution in [0.2, 0.25) is 0 Å². The highest BCUT2D eigenvalue weighted by atomic mass is 32.2. The molecule has 14 atom stereocenters. The number of carbonyl (C=O) groups excluding carboxylic acids is 3. The smallest absolute Gasteiger partial charge is 0.388 e. The molecule has 1 aromatic heterocycles. The van der Waals surface area contributed by atoms with Gasteiger partial charge in [0.2, 0.25) is 11.8 Å². The number of thioether (sulfide) groups is 1. The number of phosphoric ester groups is 2. The van der Waals surface area contributed by atoms with Crippen LogP contribution in [0.5, 0.6) is 0 Å². The maximum atomic E-state index is 12.7. The molecular weight excluding hydrogens is 900 g/mol. The number of aromatic nitrogens is 2. The zero-order valence-corrected chi connectivity index (χ0v) is 35.7. The summed E-state index contributed by atoms with van der Waals surface area (Å²) >= 11 is 6.46. The number of aliphatic hydroxyl groups excluding tert-OH is 5. The fourth-order valence-electron chi connectivity index (χ4n) is 6.89. The second kappa shape index (κ2) is 21.5. The molecule has 4 aliphatic heterocycles. The van der Waals surface area contributed by atoms with E-state index in [0.29, 0.717) is 38.6 Å². The lowest BCUT2D eigenvalue weighted by molar-refractivity contribution is -0.274. The van der Waals surface area contributed by atoms with E-state index in [9.17, 15) is 68.4 Å². The van der Waals surface area contributed by atoms with Crippen molar-refractivity contribution in [2.24, 2.45) is 0 Å². The van der Waals surface area contributed by atoms with Crippen LogP contribution in [0.25, 0.3) is 0 Å². The van der Waals surface area contributed by atoms with Crippen molar-refractivity contribution >= 4 is 57.9 Å². The monoisotopic (exact) mass is 953 g/mol. The molecule has 30 heteroatoms. The van der Waals surface area contributed by atoms with Crippen molar-refractivity contribution in [3.8, 4) is 0 Å². The van der Waals surface area contributed by atoms with Gasteiger partial charge in [-0.1, -0.05) is 12.8 Å². The van der Waals surface area contributed by atoms with Gasteiger partial charge in [-0.25, -0.2) is 24.1 Å². The Bertz CT molecular complexity index is 1930. The highest BCUT2D eigenvalue weighted by molar-refractivity contribution is 8.01. The molecule has 0 aliphatic carbocycles. The number of rotatable bonds is 22. The van der Waals surface area contributed by atoms with E-state index in [1.165, 1.54) is 0 Å². The van der Waals surface area contributed by atoms with Crippen LogP contribution in [0.15, 0.2) is 21.9 Å². The number of amides is 4. The predicted molar refractivity (Wildman–Crippen MR) is 213 cm³/mol. The molecule has 4 amide bonds. The van der Waals surface area contributed by atoms with Crippen molar-refractivity contribution in [1.82, 2.24) is 36.4 Å². The minimum atomic E-state index is -5.71. The van der Waals surface area contributed by atoms with E-state index < -0.39 is 106 Å². The third-order valence-corrected chi connectivity index (χ3v) is 15.2. The van der Waals surface area contributed by atoms with Crippen LogP contribution in [0.1, 0.15) is 59.0 Å². The van der Waals surface area contributed by atoms with Gasteiger partial charge in [-0.15, -0.1) is 12.6 Å². The lowest BCUT2D eigenvalue weighted by Crippen LogP contribution is -2.61. The van der Waals surface area contributed by atoms with Crippen LogP contribution < -0.4 is 38.1 Å². The van der Waals surface area contributed by atoms with Gasteiger partial charge >= 0.3 is 27.4 Å². The number of hydrogen-bond donors (Lipinski definition) is 14. The number of unbranched alkanes of at least 4 members (excludes halogenated alkanes) is 3. The Morgan fingerprint density at radius 3 is 2.38 bits per heavy atom. The largest absolute Gasteiger partial charge is 0.483 e. The molecule has 1 aromatic rings. The van der Waals surface area contributed by atoms with E-state index in [2.05, 4.69) is 40.2 Å². The van der Waals surface area contributed by atoms with Crippen molar-refractivity contribution in [3.63, 3.8) is 0 Å². The Morgan fingerprint density at radius 1 is 0.934 bits per heavy atom. The number of ether oxygens (including phenoxy) is 2. The quantitative estimate of drug-likeness (QED) is 0.0178. The van der Waals surface area contributed by atoms with Crippen molar-refractivity contribution in [1.29, 1.82) is 0 Å². The van der Waals surface area contributed by atoms with Gasteiger partial charge in [0.25, 0.3) is 5.56 Å². The number of aliphatic hydroxyl groups is 5. The fraction of sp³-hybridized carbons (Fsp3) is 0.774. The average molecular weight is 954 g/mol. The molecule has 0 saturated carbocycles. The summed E-state index contributed by atoms with van der Waals surface area (Å²) in [7, 11) is -11.3. The normalized spacial score (nSPS) is 34.2. The Hall–Kier alpha value is -2.47. The Labute approximate surface area is 357 Å². The first-order chi connectivity index (χ1) is 28.7. The summed E-state index contributed by atoms with van der Waals surface area (Å²) in [5, 5.41) is 60.4. The second-order valence-corrected chi connectivity index (χ2v) is 19.6. The van der Waals surface area contributed by atoms with Crippen molar-refractivity contribution in [2.75, 3.05) is 25.4 Å². The first-order valence-electron chi connectivity index (χ1n) is 19.1. The summed E-state index contributed by atoms with van der Waals surface area (Å²) in [4.78, 5) is 81.2. The van der Waals surface area contributed by atoms with Gasteiger partial charge in [-0.05, 0) is 25.7 Å². The number of nitrogens with zero attached hydrogens (tertiary/aromatic N) is 1. The van der Waals surface area contributed by atoms with E-state index in [1.807, 2.05) is 4.98 Å². The number of hydrazine groups is 1. The van der Waals surface area contributed by atoms with E-state index >= 15 is 0 Å². The van der Waals surface area contributed by atoms with E-state index in [4.69, 9.17) is 22.1 Å². The second-order valence-electron chi connectivity index (χ2n) is 14.6. The van der Waals surface area contributed by atoms with Crippen molar-refractivity contribution in [3.05, 3.63) is 33.1 Å². The third-order valence-electron chi connectivity index (χ3n) is 10.1. The van der Waals surface area contributed by atoms with Crippen molar-refractivity contribution in [2.45, 2.75) is 123 Å². The predicted octanol–water partition coefficient (Wildman–Crippen LogP) is -3.26. The first kappa shape index (κ1) is 49.5. The molecule has 0 radical (unpaired) electrons. The van der Waals surface area contributed by atoms with Crippen LogP contribution >= 0.6 is 40.0 Å². The van der Waals surface area contributed by atoms with Gasteiger partial charge < -0.3 is 60.7 Å². The SMILES string of the molecule is O=C(CCCC[C@@H]1SC[C@@H]2NC(=O)N[C@@]21S)NCCCCCC(=O)NNCC1OC(OP(=O)(O)OP(=O)(O)OC[C@H]2O[C@@H](n3ccc(=O)[nH]c3=O)[C@H](O)[C@@H]2O)C(O)C(O)C1O.[HH]. The van der Waals surface area contributed by atoms with E-state index in [1.54, 1.807) is 11.8 Å². The summed E-state index contributed by atoms with van der Waals surface area (Å²) in [6, 6.07) is 0.687. The van der Waals surface area contributed by atoms with Gasteiger partial charge in [0.1, 0.15) is 47.6 Å². The summed E-state index contributed by atoms with van der Waals surface area (Å²) in [6.45, 7) is -1.07. The molecule has 0 spiro atoms. The van der Waals surface area contributed by atoms with Gasteiger partial charge in [0, 0.05) is 50.6 Å². The number of H-pyrrole nitrogens is 1. The van der Waals surface area contributed by atoms with Crippen LogP contribution in [0.3, 0.4) is 0 Å². The zero-order chi connectivity index (χ0) is 44.7. The molecule has 7 unspecified atom stereocenters. The minimum Gasteiger partial charge on any atom is -0.388 e. The molecule has 26 nitrogen and oxygen atoms in total. The summed E-state index contributed by atoms with van der Waals surface area (Å²) in [5.41, 5.74) is 3.04. The van der Waals surface area contributed by atoms with E-state index in [0.717, 1.165) is 35.4 Å². The fourth-order valence-corrected chi connectivity index (χ4v) is 11.4. The van der Waals surface area contributed by atoms with Gasteiger partial charge in [-0.2, -0.15) is 16.1 Å². The molecule has 61 heavy (non-hydrogen) atoms. The highest BCUT2D eigenvalue weighted by Crippen LogP contribution is 2.61. The van der Waals surface area contributed by atoms with Crippen LogP contribution in [0.4, 0.5) is 4.79 Å². The average Bonchev–Trinajstić information content (AvgIpc) is 3.75. The highest BCUT2D eigenvalue weighted by Gasteiger charge is 2.54. The minimum absolute atomic E-state index is 0. The van der Waals surface area contributed by atoms with Gasteiger partial charge in [0.15, 0.2) is 12.5 Å². The Morgan fingerprint density at radius 2 is 1.64 bits per heavy atom. The molecule has 4 fully saturated rings. The van der Waals surface area contributed by atoms with Gasteiger partial charge in [-0.3, -0.25) is 38.4 Å². The lowest BCUT2D eigenvalue weighted by Gasteiger charge is -2.40. The van der Waals surface area contributed by atoms with Crippen LogP contribution in [0, 0.1) is 0 Å². The molecular formula is C31H53N7O19P2S2. The maximum Gasteiger partial charge on any atom is 0.483 e. The third kappa shape index (κ3) is 13.3. The summed E-state index contributed by atoms with van der Waals surface area (Å²) in [6.07, 6.45) is -11.2. The standard InChI is InChI=1S/C31H51N7O19P2S2.H2/c39-19(7-4-3-6-18-31(60)17(14-61-18)34-29(47)36-31)32-10-5-1-2-8-21(41)37-33-12-15-22(42)24(44)26(46)28(55-15)56-59(51,52)57-58(49,50)53-13-16-23(43)25(45)27(54-16)38-11-9-20(40)35-30(38)48;/h9,11,15-18,22-28,33,42-46,60H,1-8,10,12-14H2,(H,32,39)(H,37,41)(H,49,50)(H,51,52)(H2,34,36,47)(H,35,40,48);1H/t15?,16-,17+,18+,22?,23-,24?,25-,26?,27-,28?,31-;/m1./s1. The first-order valence-corrected chi connectivity index (χ1v) is 23.6. The molecule has 4 saturated heterocycles. The molecule has 0 bridgehead atoms. The Balaban J connectivity index is 0.00000845.